The standard InChI is InChI=1S/C20H24N6O/c1-14(21)16-4-3-15(5-7-20(27)8-11-26(2)12-9-20)13-17(16)24-18-6-10-23-19(22)25-18/h3-4,6,10,13,21,27H,8-9,11-12H2,1-2H3,(H3,22,23,24,25). The molecule has 7 nitrogen and oxygen atoms in total. The number of nitrogens with one attached hydrogen (secondary N) is 2. The van der Waals surface area contributed by atoms with E-state index >= 15 is 0 Å². The zero-order chi connectivity index (χ0) is 19.4. The third kappa shape index (κ3) is 4.82. The average molecular weight is 364 g/mol. The van der Waals surface area contributed by atoms with Crippen LogP contribution in [0.25, 0.3) is 0 Å². The molecule has 0 aliphatic carbocycles. The van der Waals surface area contributed by atoms with Crippen molar-refractivity contribution in [3.63, 3.8) is 0 Å². The first-order valence-electron chi connectivity index (χ1n) is 8.84. The Morgan fingerprint density at radius 1 is 1.33 bits per heavy atom. The van der Waals surface area contributed by atoms with Crippen LogP contribution >= 0.6 is 0 Å². The summed E-state index contributed by atoms with van der Waals surface area (Å²) in [5.41, 5.74) is 7.33. The van der Waals surface area contributed by atoms with Crippen molar-refractivity contribution in [3.05, 3.63) is 41.6 Å². The van der Waals surface area contributed by atoms with Gasteiger partial charge in [0.1, 0.15) is 11.4 Å². The van der Waals surface area contributed by atoms with Crippen LogP contribution in [0.1, 0.15) is 30.9 Å². The first-order valence-corrected chi connectivity index (χ1v) is 8.84. The summed E-state index contributed by atoms with van der Waals surface area (Å²) in [4.78, 5) is 10.2. The predicted molar refractivity (Wildman–Crippen MR) is 107 cm³/mol. The van der Waals surface area contributed by atoms with Crippen molar-refractivity contribution in [1.82, 2.24) is 14.9 Å². The topological polar surface area (TPSA) is 111 Å². The Balaban J connectivity index is 1.88. The maximum atomic E-state index is 10.6. The second kappa shape index (κ2) is 7.74. The van der Waals surface area contributed by atoms with Crippen molar-refractivity contribution < 1.29 is 5.11 Å². The third-order valence-electron chi connectivity index (χ3n) is 4.61. The lowest BCUT2D eigenvalue weighted by Crippen LogP contribution is -2.41. The SMILES string of the molecule is CC(=N)c1ccc(C#CC2(O)CCN(C)CC2)cc1Nc1ccnc(N)n1. The number of aliphatic hydroxyl groups is 1. The fourth-order valence-electron chi connectivity index (χ4n) is 2.94. The van der Waals surface area contributed by atoms with Gasteiger partial charge in [-0.3, -0.25) is 0 Å². The van der Waals surface area contributed by atoms with Crippen LogP contribution in [0.3, 0.4) is 0 Å². The van der Waals surface area contributed by atoms with Crippen LogP contribution in [-0.4, -0.2) is 51.4 Å². The maximum absolute atomic E-state index is 10.6. The monoisotopic (exact) mass is 364 g/mol. The quantitative estimate of drug-likeness (QED) is 0.490. The molecule has 7 heteroatoms. The summed E-state index contributed by atoms with van der Waals surface area (Å²) in [6, 6.07) is 7.27. The van der Waals surface area contributed by atoms with Gasteiger partial charge in [0.05, 0.1) is 0 Å². The number of hydrogen-bond acceptors (Lipinski definition) is 7. The number of piperidine rings is 1. The predicted octanol–water partition coefficient (Wildman–Crippen LogP) is 2.00. The second-order valence-electron chi connectivity index (χ2n) is 6.90. The molecule has 0 saturated carbocycles. The fraction of sp³-hybridized carbons (Fsp3) is 0.350. The van der Waals surface area contributed by atoms with Gasteiger partial charge in [-0.15, -0.1) is 0 Å². The maximum Gasteiger partial charge on any atom is 0.221 e. The smallest absolute Gasteiger partial charge is 0.221 e. The number of nitrogen functional groups attached to an aromatic ring is 1. The van der Waals surface area contributed by atoms with E-state index in [-0.39, 0.29) is 5.95 Å². The van der Waals surface area contributed by atoms with E-state index in [1.54, 1.807) is 19.2 Å². The summed E-state index contributed by atoms with van der Waals surface area (Å²) >= 11 is 0. The van der Waals surface area contributed by atoms with Crippen LogP contribution in [-0.2, 0) is 0 Å². The third-order valence-corrected chi connectivity index (χ3v) is 4.61. The molecule has 140 valence electrons. The van der Waals surface area contributed by atoms with Crippen LogP contribution < -0.4 is 11.1 Å². The van der Waals surface area contributed by atoms with Crippen LogP contribution in [0.4, 0.5) is 17.5 Å². The highest BCUT2D eigenvalue weighted by Gasteiger charge is 2.28. The molecule has 2 aromatic rings. The fourth-order valence-corrected chi connectivity index (χ4v) is 2.94. The highest BCUT2D eigenvalue weighted by atomic mass is 16.3. The van der Waals surface area contributed by atoms with E-state index in [1.165, 1.54) is 0 Å². The molecule has 0 bridgehead atoms. The number of benzene rings is 1. The molecule has 0 atom stereocenters. The van der Waals surface area contributed by atoms with Crippen LogP contribution in [0.5, 0.6) is 0 Å². The first-order chi connectivity index (χ1) is 12.8. The largest absolute Gasteiger partial charge is 0.377 e. The summed E-state index contributed by atoms with van der Waals surface area (Å²) in [7, 11) is 2.04. The minimum atomic E-state index is -0.947. The van der Waals surface area contributed by atoms with Gasteiger partial charge in [-0.25, -0.2) is 4.98 Å². The molecule has 1 saturated heterocycles. The van der Waals surface area contributed by atoms with E-state index in [1.807, 2.05) is 25.2 Å². The molecular formula is C20H24N6O. The molecule has 1 aliphatic heterocycles. The van der Waals surface area contributed by atoms with E-state index in [0.29, 0.717) is 30.1 Å². The molecule has 5 N–H and O–H groups in total. The Kier molecular flexibility index (Phi) is 5.40. The summed E-state index contributed by atoms with van der Waals surface area (Å²) in [5.74, 6) is 6.84. The van der Waals surface area contributed by atoms with Crippen molar-refractivity contribution in [2.45, 2.75) is 25.4 Å². The van der Waals surface area contributed by atoms with E-state index in [0.717, 1.165) is 24.2 Å². The number of nitrogens with two attached hydrogens (primary N) is 1. The van der Waals surface area contributed by atoms with E-state index in [9.17, 15) is 5.11 Å². The van der Waals surface area contributed by atoms with Gasteiger partial charge in [0.25, 0.3) is 0 Å². The van der Waals surface area contributed by atoms with Gasteiger partial charge >= 0.3 is 0 Å². The van der Waals surface area contributed by atoms with Crippen molar-refractivity contribution in [1.29, 1.82) is 5.41 Å². The van der Waals surface area contributed by atoms with Gasteiger partial charge in [-0.2, -0.15) is 4.98 Å². The first kappa shape index (κ1) is 18.8. The number of aromatic nitrogens is 2. The molecule has 3 rings (SSSR count). The Labute approximate surface area is 159 Å². The molecule has 1 aromatic heterocycles. The number of likely N-dealkylation sites (tertiary alicyclic amines) is 1. The molecule has 1 aliphatic rings. The van der Waals surface area contributed by atoms with E-state index in [4.69, 9.17) is 11.1 Å². The van der Waals surface area contributed by atoms with Crippen molar-refractivity contribution >= 4 is 23.2 Å². The lowest BCUT2D eigenvalue weighted by Gasteiger charge is -2.32. The normalized spacial score (nSPS) is 16.3. The van der Waals surface area contributed by atoms with Crippen LogP contribution in [0.2, 0.25) is 0 Å². The Morgan fingerprint density at radius 2 is 2.07 bits per heavy atom. The number of nitrogens with zero attached hydrogens (tertiary/aromatic N) is 3. The number of anilines is 3. The molecule has 0 unspecified atom stereocenters. The van der Waals surface area contributed by atoms with Gasteiger partial charge in [-0.05, 0) is 38.2 Å². The molecule has 1 fully saturated rings. The van der Waals surface area contributed by atoms with Gasteiger partial charge in [0.15, 0.2) is 0 Å². The molecule has 0 radical (unpaired) electrons. The average Bonchev–Trinajstić information content (AvgIpc) is 2.63. The molecule has 1 aromatic carbocycles. The Hall–Kier alpha value is -2.95. The summed E-state index contributed by atoms with van der Waals surface area (Å²) in [5, 5.41) is 21.8. The molecule has 27 heavy (non-hydrogen) atoms. The lowest BCUT2D eigenvalue weighted by atomic mass is 9.92. The van der Waals surface area contributed by atoms with Crippen molar-refractivity contribution in [2.75, 3.05) is 31.2 Å². The zero-order valence-corrected chi connectivity index (χ0v) is 15.6. The molecule has 0 spiro atoms. The molecular weight excluding hydrogens is 340 g/mol. The summed E-state index contributed by atoms with van der Waals surface area (Å²) < 4.78 is 0. The Morgan fingerprint density at radius 3 is 2.74 bits per heavy atom. The van der Waals surface area contributed by atoms with Crippen molar-refractivity contribution in [2.24, 2.45) is 0 Å². The zero-order valence-electron chi connectivity index (χ0n) is 15.6. The molecule has 0 amide bonds. The van der Waals surface area contributed by atoms with Gasteiger partial charge in [0, 0.05) is 54.7 Å². The highest BCUT2D eigenvalue weighted by Crippen LogP contribution is 2.23. The number of rotatable bonds is 3. The number of hydrogen-bond donors (Lipinski definition) is 4. The highest BCUT2D eigenvalue weighted by molar-refractivity contribution is 6.02. The van der Waals surface area contributed by atoms with Gasteiger partial charge in [-0.1, -0.05) is 11.8 Å². The van der Waals surface area contributed by atoms with Crippen LogP contribution in [0, 0.1) is 17.3 Å². The van der Waals surface area contributed by atoms with E-state index < -0.39 is 5.60 Å². The molecule has 2 heterocycles. The minimum absolute atomic E-state index is 0.175. The van der Waals surface area contributed by atoms with Gasteiger partial charge in [0.2, 0.25) is 5.95 Å². The summed E-state index contributed by atoms with van der Waals surface area (Å²) in [6.45, 7) is 3.39. The Bertz CT molecular complexity index is 906. The van der Waals surface area contributed by atoms with Crippen LogP contribution in [0.15, 0.2) is 30.5 Å². The minimum Gasteiger partial charge on any atom is -0.377 e. The summed E-state index contributed by atoms with van der Waals surface area (Å²) in [6.07, 6.45) is 2.85. The van der Waals surface area contributed by atoms with Crippen molar-refractivity contribution in [3.8, 4) is 11.8 Å². The van der Waals surface area contributed by atoms with Gasteiger partial charge < -0.3 is 26.5 Å². The van der Waals surface area contributed by atoms with E-state index in [2.05, 4.69) is 32.0 Å². The second-order valence-corrected chi connectivity index (χ2v) is 6.90. The lowest BCUT2D eigenvalue weighted by molar-refractivity contribution is 0.0350.